The fourth-order valence-corrected chi connectivity index (χ4v) is 7.69. The molecule has 0 amide bonds. The van der Waals surface area contributed by atoms with Gasteiger partial charge in [-0.05, 0) is 86.7 Å². The van der Waals surface area contributed by atoms with Crippen molar-refractivity contribution in [3.63, 3.8) is 0 Å². The fourth-order valence-electron chi connectivity index (χ4n) is 7.69. The number of allylic oxidation sites excluding steroid dienone is 1. The molecule has 1 heterocycles. The highest BCUT2D eigenvalue weighted by Gasteiger charge is 2.64. The number of hydrogen-bond acceptors (Lipinski definition) is 3. The monoisotopic (exact) mass is 367 g/mol. The van der Waals surface area contributed by atoms with Crippen LogP contribution in [0, 0.1) is 28.6 Å². The molecule has 146 valence electrons. The molecule has 0 radical (unpaired) electrons. The molecule has 3 nitrogen and oxygen atoms in total. The van der Waals surface area contributed by atoms with Crippen molar-refractivity contribution in [2.24, 2.45) is 28.6 Å². The van der Waals surface area contributed by atoms with Crippen LogP contribution in [0.25, 0.3) is 0 Å². The minimum absolute atomic E-state index is 0.0849. The smallest absolute Gasteiger partial charge is 0.112 e. The third-order valence-electron chi connectivity index (χ3n) is 9.32. The zero-order valence-corrected chi connectivity index (χ0v) is 16.7. The van der Waals surface area contributed by atoms with Crippen LogP contribution in [0.4, 0.5) is 0 Å². The molecule has 0 saturated heterocycles. The van der Waals surface area contributed by atoms with Crippen molar-refractivity contribution >= 4 is 0 Å². The Hall–Kier alpha value is -1.19. The Labute approximate surface area is 162 Å². The van der Waals surface area contributed by atoms with Gasteiger partial charge in [-0.25, -0.2) is 0 Å². The molecule has 0 bridgehead atoms. The lowest BCUT2D eigenvalue weighted by atomic mass is 9.47. The lowest BCUT2D eigenvalue weighted by Crippen LogP contribution is -2.53. The van der Waals surface area contributed by atoms with Gasteiger partial charge in [-0.2, -0.15) is 0 Å². The molecule has 1 aromatic heterocycles. The van der Waals surface area contributed by atoms with Gasteiger partial charge < -0.3 is 10.2 Å². The molecule has 27 heavy (non-hydrogen) atoms. The van der Waals surface area contributed by atoms with Gasteiger partial charge in [-0.1, -0.05) is 31.6 Å². The minimum Gasteiger partial charge on any atom is -0.393 e. The van der Waals surface area contributed by atoms with Crippen molar-refractivity contribution in [2.75, 3.05) is 0 Å². The molecule has 0 aliphatic heterocycles. The summed E-state index contributed by atoms with van der Waals surface area (Å²) in [5.41, 5.74) is 1.77. The van der Waals surface area contributed by atoms with Gasteiger partial charge in [-0.3, -0.25) is 4.98 Å². The third-order valence-corrected chi connectivity index (χ3v) is 9.32. The molecule has 1 aromatic rings. The lowest BCUT2D eigenvalue weighted by molar-refractivity contribution is -0.131. The first-order chi connectivity index (χ1) is 12.9. The molecule has 3 heteroatoms. The average Bonchev–Trinajstić information content (AvgIpc) is 2.95. The SMILES string of the molecule is CC12CCC(O)CC1=CCC1C2CCC2(C)C1CCC2(O)c1ccccn1. The number of aromatic nitrogens is 1. The predicted octanol–water partition coefficient (Wildman–Crippen LogP) is 4.59. The molecule has 5 rings (SSSR count). The molecule has 7 atom stereocenters. The summed E-state index contributed by atoms with van der Waals surface area (Å²) < 4.78 is 0. The number of nitrogens with zero attached hydrogens (tertiary/aromatic N) is 1. The summed E-state index contributed by atoms with van der Waals surface area (Å²) in [6.07, 6.45) is 12.4. The Morgan fingerprint density at radius 3 is 2.63 bits per heavy atom. The van der Waals surface area contributed by atoms with Crippen LogP contribution in [-0.2, 0) is 5.60 Å². The molecule has 4 aliphatic rings. The van der Waals surface area contributed by atoms with E-state index in [0.29, 0.717) is 17.8 Å². The van der Waals surface area contributed by atoms with E-state index in [1.807, 2.05) is 24.4 Å². The van der Waals surface area contributed by atoms with E-state index < -0.39 is 5.60 Å². The van der Waals surface area contributed by atoms with Gasteiger partial charge in [0.25, 0.3) is 0 Å². The fraction of sp³-hybridized carbons (Fsp3) is 0.708. The van der Waals surface area contributed by atoms with Gasteiger partial charge in [-0.15, -0.1) is 0 Å². The quantitative estimate of drug-likeness (QED) is 0.714. The summed E-state index contributed by atoms with van der Waals surface area (Å²) in [4.78, 5) is 4.57. The first-order valence-electron chi connectivity index (χ1n) is 10.9. The largest absolute Gasteiger partial charge is 0.393 e. The summed E-state index contributed by atoms with van der Waals surface area (Å²) >= 11 is 0. The molecule has 0 aromatic carbocycles. The van der Waals surface area contributed by atoms with Crippen LogP contribution in [0.3, 0.4) is 0 Å². The molecule has 4 aliphatic carbocycles. The first kappa shape index (κ1) is 17.9. The summed E-state index contributed by atoms with van der Waals surface area (Å²) in [5, 5.41) is 22.0. The standard InChI is InChI=1S/C24H33NO2/c1-22-11-8-17(26)15-16(22)6-7-18-19(22)9-12-23(2)20(18)10-13-24(23,27)21-5-3-4-14-25-21/h3-6,14,17-20,26-27H,7-13,15H2,1-2H3. The average molecular weight is 368 g/mol. The van der Waals surface area contributed by atoms with E-state index in [-0.39, 0.29) is 16.9 Å². The van der Waals surface area contributed by atoms with Gasteiger partial charge in [0.05, 0.1) is 11.8 Å². The van der Waals surface area contributed by atoms with Crippen molar-refractivity contribution in [2.45, 2.75) is 76.9 Å². The number of aliphatic hydroxyl groups is 2. The summed E-state index contributed by atoms with van der Waals surface area (Å²) in [6, 6.07) is 5.96. The second-order valence-electron chi connectivity index (χ2n) is 10.2. The van der Waals surface area contributed by atoms with Crippen LogP contribution < -0.4 is 0 Å². The van der Waals surface area contributed by atoms with Gasteiger partial charge in [0.2, 0.25) is 0 Å². The van der Waals surface area contributed by atoms with Crippen LogP contribution in [0.1, 0.15) is 70.9 Å². The molecule has 7 unspecified atom stereocenters. The summed E-state index contributed by atoms with van der Waals surface area (Å²) in [5.74, 6) is 1.92. The van der Waals surface area contributed by atoms with Crippen LogP contribution in [0.15, 0.2) is 36.0 Å². The van der Waals surface area contributed by atoms with Crippen LogP contribution in [0.5, 0.6) is 0 Å². The van der Waals surface area contributed by atoms with Gasteiger partial charge >= 0.3 is 0 Å². The second kappa shape index (κ2) is 5.90. The van der Waals surface area contributed by atoms with Crippen LogP contribution >= 0.6 is 0 Å². The minimum atomic E-state index is -0.794. The Morgan fingerprint density at radius 2 is 1.85 bits per heavy atom. The van der Waals surface area contributed by atoms with Crippen LogP contribution in [-0.4, -0.2) is 21.3 Å². The Balaban J connectivity index is 1.51. The second-order valence-corrected chi connectivity index (χ2v) is 10.2. The number of hydrogen-bond donors (Lipinski definition) is 2. The number of rotatable bonds is 1. The summed E-state index contributed by atoms with van der Waals surface area (Å²) in [7, 11) is 0. The summed E-state index contributed by atoms with van der Waals surface area (Å²) in [6.45, 7) is 4.80. The van der Waals surface area contributed by atoms with Crippen molar-refractivity contribution in [1.29, 1.82) is 0 Å². The van der Waals surface area contributed by atoms with E-state index in [9.17, 15) is 10.2 Å². The Morgan fingerprint density at radius 1 is 1.04 bits per heavy atom. The van der Waals surface area contributed by atoms with Gasteiger partial charge in [0.1, 0.15) is 5.60 Å². The van der Waals surface area contributed by atoms with E-state index in [2.05, 4.69) is 24.9 Å². The van der Waals surface area contributed by atoms with E-state index in [1.165, 1.54) is 12.0 Å². The maximum atomic E-state index is 11.8. The zero-order chi connectivity index (χ0) is 18.9. The highest BCUT2D eigenvalue weighted by Crippen LogP contribution is 2.68. The molecule has 3 fully saturated rings. The topological polar surface area (TPSA) is 53.4 Å². The third kappa shape index (κ3) is 2.31. The highest BCUT2D eigenvalue weighted by atomic mass is 16.3. The van der Waals surface area contributed by atoms with Crippen molar-refractivity contribution in [3.8, 4) is 0 Å². The number of aliphatic hydroxyl groups excluding tert-OH is 1. The maximum absolute atomic E-state index is 11.8. The van der Waals surface area contributed by atoms with E-state index in [1.54, 1.807) is 0 Å². The number of fused-ring (bicyclic) bond motifs is 5. The van der Waals surface area contributed by atoms with Gasteiger partial charge in [0, 0.05) is 11.6 Å². The Kier molecular flexibility index (Phi) is 3.91. The van der Waals surface area contributed by atoms with Crippen LogP contribution in [0.2, 0.25) is 0 Å². The molecule has 0 spiro atoms. The molecular weight excluding hydrogens is 334 g/mol. The number of pyridine rings is 1. The zero-order valence-electron chi connectivity index (χ0n) is 16.7. The van der Waals surface area contributed by atoms with E-state index in [4.69, 9.17) is 0 Å². The van der Waals surface area contributed by atoms with Crippen molar-refractivity contribution < 1.29 is 10.2 Å². The maximum Gasteiger partial charge on any atom is 0.112 e. The molecule has 2 N–H and O–H groups in total. The molecule has 3 saturated carbocycles. The highest BCUT2D eigenvalue weighted by molar-refractivity contribution is 5.28. The van der Waals surface area contributed by atoms with Crippen molar-refractivity contribution in [1.82, 2.24) is 4.98 Å². The lowest BCUT2D eigenvalue weighted by Gasteiger charge is -2.58. The Bertz CT molecular complexity index is 761. The van der Waals surface area contributed by atoms with E-state index >= 15 is 0 Å². The predicted molar refractivity (Wildman–Crippen MR) is 106 cm³/mol. The van der Waals surface area contributed by atoms with E-state index in [0.717, 1.165) is 50.6 Å². The molecular formula is C24H33NO2. The first-order valence-corrected chi connectivity index (χ1v) is 10.9. The van der Waals surface area contributed by atoms with Crippen molar-refractivity contribution in [3.05, 3.63) is 41.7 Å². The van der Waals surface area contributed by atoms with Gasteiger partial charge in [0.15, 0.2) is 0 Å². The normalized spacial score (nSPS) is 49.0.